The number of hydrogen-bond acceptors (Lipinski definition) is 7. The summed E-state index contributed by atoms with van der Waals surface area (Å²) < 4.78 is 15.7. The normalized spacial score (nSPS) is 19.0. The van der Waals surface area contributed by atoms with Gasteiger partial charge in [0.1, 0.15) is 23.9 Å². The molecule has 0 saturated carbocycles. The maximum absolute atomic E-state index is 13.6. The molecular formula is C30H37N3O7. The van der Waals surface area contributed by atoms with Gasteiger partial charge in [0.05, 0.1) is 19.8 Å². The number of ketones is 1. The van der Waals surface area contributed by atoms with Crippen molar-refractivity contribution in [2.24, 2.45) is 5.92 Å². The Hall–Kier alpha value is -3.76. The van der Waals surface area contributed by atoms with Crippen LogP contribution in [0.3, 0.4) is 0 Å². The highest BCUT2D eigenvalue weighted by atomic mass is 16.6. The van der Waals surface area contributed by atoms with Crippen molar-refractivity contribution in [1.29, 1.82) is 0 Å². The van der Waals surface area contributed by atoms with E-state index in [2.05, 4.69) is 16.0 Å². The molecule has 2 heterocycles. The Bertz CT molecular complexity index is 1160. The van der Waals surface area contributed by atoms with Crippen LogP contribution < -0.4 is 20.7 Å². The van der Waals surface area contributed by atoms with Crippen LogP contribution in [-0.4, -0.2) is 74.7 Å². The predicted molar refractivity (Wildman–Crippen MR) is 147 cm³/mol. The number of nitrogens with one attached hydrogen (secondary N) is 3. The highest BCUT2D eigenvalue weighted by Gasteiger charge is 2.38. The SMILES string of the molecule is COc1ccc(C[C@H](NC(=O)[C@@H](C)NC(=O)C2CCOCC2)C(=O)N[C@@H](Cc2ccccc2)C(=O)[C@H]2CO2)cc1. The molecular weight excluding hydrogens is 514 g/mol. The Balaban J connectivity index is 1.47. The second kappa shape index (κ2) is 14.0. The van der Waals surface area contributed by atoms with Gasteiger partial charge < -0.3 is 30.2 Å². The van der Waals surface area contributed by atoms with Crippen molar-refractivity contribution in [2.75, 3.05) is 26.9 Å². The molecule has 10 nitrogen and oxygen atoms in total. The van der Waals surface area contributed by atoms with Gasteiger partial charge in [0, 0.05) is 25.6 Å². The Labute approximate surface area is 234 Å². The molecule has 0 spiro atoms. The molecule has 2 saturated heterocycles. The summed E-state index contributed by atoms with van der Waals surface area (Å²) in [6.07, 6.45) is 1.14. The van der Waals surface area contributed by atoms with E-state index < -0.39 is 36.0 Å². The number of ether oxygens (including phenoxy) is 3. The fourth-order valence-electron chi connectivity index (χ4n) is 4.64. The van der Waals surface area contributed by atoms with Gasteiger partial charge in [-0.05, 0) is 49.4 Å². The quantitative estimate of drug-likeness (QED) is 0.320. The summed E-state index contributed by atoms with van der Waals surface area (Å²) >= 11 is 0. The first-order valence-electron chi connectivity index (χ1n) is 13.6. The molecule has 40 heavy (non-hydrogen) atoms. The van der Waals surface area contributed by atoms with E-state index in [1.165, 1.54) is 0 Å². The van der Waals surface area contributed by atoms with E-state index in [-0.39, 0.29) is 24.0 Å². The molecule has 0 unspecified atom stereocenters. The third kappa shape index (κ3) is 8.37. The minimum absolute atomic E-state index is 0.175. The summed E-state index contributed by atoms with van der Waals surface area (Å²) in [6.45, 7) is 2.94. The van der Waals surface area contributed by atoms with Gasteiger partial charge >= 0.3 is 0 Å². The lowest BCUT2D eigenvalue weighted by atomic mass is 9.98. The van der Waals surface area contributed by atoms with Gasteiger partial charge in [-0.1, -0.05) is 42.5 Å². The lowest BCUT2D eigenvalue weighted by Crippen LogP contribution is -2.57. The highest BCUT2D eigenvalue weighted by Crippen LogP contribution is 2.17. The first kappa shape index (κ1) is 29.2. The molecule has 214 valence electrons. The van der Waals surface area contributed by atoms with Crippen LogP contribution in [0.5, 0.6) is 5.75 Å². The Morgan fingerprint density at radius 3 is 2.08 bits per heavy atom. The summed E-state index contributed by atoms with van der Waals surface area (Å²) in [5, 5.41) is 8.41. The van der Waals surface area contributed by atoms with Gasteiger partial charge in [-0.25, -0.2) is 0 Å². The van der Waals surface area contributed by atoms with Gasteiger partial charge in [0.2, 0.25) is 17.7 Å². The van der Waals surface area contributed by atoms with E-state index in [4.69, 9.17) is 14.2 Å². The molecule has 2 fully saturated rings. The van der Waals surface area contributed by atoms with Crippen LogP contribution in [0.4, 0.5) is 0 Å². The molecule has 2 aliphatic rings. The monoisotopic (exact) mass is 551 g/mol. The van der Waals surface area contributed by atoms with Crippen molar-refractivity contribution in [2.45, 2.75) is 56.8 Å². The van der Waals surface area contributed by atoms with Crippen molar-refractivity contribution < 1.29 is 33.4 Å². The molecule has 2 aromatic carbocycles. The van der Waals surface area contributed by atoms with Crippen LogP contribution >= 0.6 is 0 Å². The lowest BCUT2D eigenvalue weighted by molar-refractivity contribution is -0.134. The molecule has 0 radical (unpaired) electrons. The first-order chi connectivity index (χ1) is 19.3. The zero-order valence-corrected chi connectivity index (χ0v) is 22.9. The van der Waals surface area contributed by atoms with E-state index >= 15 is 0 Å². The van der Waals surface area contributed by atoms with Crippen molar-refractivity contribution in [1.82, 2.24) is 16.0 Å². The van der Waals surface area contributed by atoms with Gasteiger partial charge in [-0.15, -0.1) is 0 Å². The van der Waals surface area contributed by atoms with Crippen molar-refractivity contribution in [3.8, 4) is 5.75 Å². The molecule has 4 atom stereocenters. The fraction of sp³-hybridized carbons (Fsp3) is 0.467. The Morgan fingerprint density at radius 1 is 0.850 bits per heavy atom. The summed E-state index contributed by atoms with van der Waals surface area (Å²) in [4.78, 5) is 52.4. The van der Waals surface area contributed by atoms with Crippen molar-refractivity contribution in [3.63, 3.8) is 0 Å². The topological polar surface area (TPSA) is 135 Å². The van der Waals surface area contributed by atoms with Crippen LogP contribution in [0.15, 0.2) is 54.6 Å². The van der Waals surface area contributed by atoms with Gasteiger partial charge in [0.25, 0.3) is 0 Å². The Morgan fingerprint density at radius 2 is 1.45 bits per heavy atom. The summed E-state index contributed by atoms with van der Waals surface area (Å²) in [5.41, 5.74) is 1.68. The number of carbonyl (C=O) groups is 4. The number of carbonyl (C=O) groups excluding carboxylic acids is 4. The third-order valence-corrected chi connectivity index (χ3v) is 7.17. The fourth-order valence-corrected chi connectivity index (χ4v) is 4.64. The van der Waals surface area contributed by atoms with Crippen LogP contribution in [-0.2, 0) is 41.5 Å². The smallest absolute Gasteiger partial charge is 0.243 e. The van der Waals surface area contributed by atoms with E-state index in [0.29, 0.717) is 44.8 Å². The number of amides is 3. The number of Topliss-reactive ketones (excluding diaryl/α,β-unsaturated/α-hetero) is 1. The molecule has 2 aromatic rings. The minimum atomic E-state index is -0.991. The summed E-state index contributed by atoms with van der Waals surface area (Å²) in [5.74, 6) is -0.954. The zero-order valence-electron chi connectivity index (χ0n) is 22.9. The average molecular weight is 552 g/mol. The molecule has 2 aliphatic heterocycles. The lowest BCUT2D eigenvalue weighted by Gasteiger charge is -2.26. The molecule has 3 amide bonds. The van der Waals surface area contributed by atoms with Crippen LogP contribution in [0.1, 0.15) is 30.9 Å². The van der Waals surface area contributed by atoms with Gasteiger partial charge in [-0.2, -0.15) is 0 Å². The van der Waals surface area contributed by atoms with Crippen LogP contribution in [0, 0.1) is 5.92 Å². The average Bonchev–Trinajstić information content (AvgIpc) is 3.83. The van der Waals surface area contributed by atoms with E-state index in [9.17, 15) is 19.2 Å². The highest BCUT2D eigenvalue weighted by molar-refractivity contribution is 5.96. The standard InChI is InChI=1S/C30H37N3O7/c1-19(31-29(36)22-12-14-39-15-13-22)28(35)33-25(17-21-8-10-23(38-2)11-9-21)30(37)32-24(27(34)26-18-40-26)16-20-6-4-3-5-7-20/h3-11,19,22,24-26H,12-18H2,1-2H3,(H,31,36)(H,32,37)(H,33,35)/t19-,24+,25+,26-/m1/s1. The zero-order chi connectivity index (χ0) is 28.5. The number of hydrogen-bond donors (Lipinski definition) is 3. The van der Waals surface area contributed by atoms with Gasteiger partial charge in [-0.3, -0.25) is 19.2 Å². The maximum Gasteiger partial charge on any atom is 0.243 e. The largest absolute Gasteiger partial charge is 0.497 e. The van der Waals surface area contributed by atoms with Gasteiger partial charge in [0.15, 0.2) is 5.78 Å². The molecule has 10 heteroatoms. The van der Waals surface area contributed by atoms with E-state index in [1.807, 2.05) is 42.5 Å². The summed E-state index contributed by atoms with van der Waals surface area (Å²) in [7, 11) is 1.56. The van der Waals surface area contributed by atoms with Crippen LogP contribution in [0.2, 0.25) is 0 Å². The minimum Gasteiger partial charge on any atom is -0.497 e. The molecule has 4 rings (SSSR count). The van der Waals surface area contributed by atoms with Crippen molar-refractivity contribution in [3.05, 3.63) is 65.7 Å². The molecule has 0 bridgehead atoms. The number of rotatable bonds is 13. The van der Waals surface area contributed by atoms with E-state index in [0.717, 1.165) is 11.1 Å². The first-order valence-corrected chi connectivity index (χ1v) is 13.6. The summed E-state index contributed by atoms with van der Waals surface area (Å²) in [6, 6.07) is 13.9. The molecule has 0 aromatic heterocycles. The number of benzene rings is 2. The molecule has 0 aliphatic carbocycles. The van der Waals surface area contributed by atoms with E-state index in [1.54, 1.807) is 26.2 Å². The number of epoxide rings is 1. The second-order valence-electron chi connectivity index (χ2n) is 10.2. The second-order valence-corrected chi connectivity index (χ2v) is 10.2. The number of methoxy groups -OCH3 is 1. The molecule has 3 N–H and O–H groups in total. The van der Waals surface area contributed by atoms with Crippen LogP contribution in [0.25, 0.3) is 0 Å². The third-order valence-electron chi connectivity index (χ3n) is 7.17. The Kier molecular flexibility index (Phi) is 10.3. The van der Waals surface area contributed by atoms with Crippen molar-refractivity contribution >= 4 is 23.5 Å². The predicted octanol–water partition coefficient (Wildman–Crippen LogP) is 1.35. The maximum atomic E-state index is 13.6.